The van der Waals surface area contributed by atoms with Crippen LogP contribution in [0, 0.1) is 16.0 Å². The number of nitrogens with one attached hydrogen (secondary N) is 1. The second-order valence-corrected chi connectivity index (χ2v) is 7.49. The van der Waals surface area contributed by atoms with Crippen LogP contribution in [0.3, 0.4) is 0 Å². The lowest BCUT2D eigenvalue weighted by molar-refractivity contribution is -0.383. The van der Waals surface area contributed by atoms with Gasteiger partial charge in [0.15, 0.2) is 5.78 Å². The summed E-state index contributed by atoms with van der Waals surface area (Å²) in [5.41, 5.74) is 1.32. The lowest BCUT2D eigenvalue weighted by Crippen LogP contribution is -2.32. The number of nitrogens with zero attached hydrogens (tertiary/aromatic N) is 2. The highest BCUT2D eigenvalue weighted by atomic mass is 16.6. The van der Waals surface area contributed by atoms with E-state index in [-0.39, 0.29) is 22.7 Å². The van der Waals surface area contributed by atoms with Crippen LogP contribution >= 0.6 is 0 Å². The Morgan fingerprint density at radius 1 is 1.17 bits per heavy atom. The SMILES string of the molecule is CC(=O)Nc1ccc(C(=O)C=CC2CCN(Cc3ccccc3)CC2)cc1[N+](=O)[O-]. The van der Waals surface area contributed by atoms with Crippen LogP contribution in [0.4, 0.5) is 11.4 Å². The number of likely N-dealkylation sites (tertiary alicyclic amines) is 1. The number of hydrogen-bond donors (Lipinski definition) is 1. The molecule has 2 aromatic rings. The number of piperidine rings is 1. The van der Waals surface area contributed by atoms with Crippen LogP contribution in [0.2, 0.25) is 0 Å². The molecule has 0 unspecified atom stereocenters. The number of carbonyl (C=O) groups excluding carboxylic acids is 2. The van der Waals surface area contributed by atoms with Crippen LogP contribution in [-0.2, 0) is 11.3 Å². The first kappa shape index (κ1) is 21.4. The minimum absolute atomic E-state index is 0.0822. The highest BCUT2D eigenvalue weighted by molar-refractivity contribution is 6.05. The van der Waals surface area contributed by atoms with Gasteiger partial charge in [-0.1, -0.05) is 36.4 Å². The van der Waals surface area contributed by atoms with Crippen molar-refractivity contribution in [1.82, 2.24) is 4.90 Å². The summed E-state index contributed by atoms with van der Waals surface area (Å²) in [5, 5.41) is 13.7. The summed E-state index contributed by atoms with van der Waals surface area (Å²) in [5.74, 6) is -0.371. The molecule has 0 spiro atoms. The van der Waals surface area contributed by atoms with Crippen LogP contribution in [0.25, 0.3) is 0 Å². The van der Waals surface area contributed by atoms with Gasteiger partial charge in [0.25, 0.3) is 5.69 Å². The maximum absolute atomic E-state index is 12.5. The molecule has 30 heavy (non-hydrogen) atoms. The van der Waals surface area contributed by atoms with E-state index in [9.17, 15) is 19.7 Å². The Morgan fingerprint density at radius 2 is 1.87 bits per heavy atom. The summed E-state index contributed by atoms with van der Waals surface area (Å²) in [4.78, 5) is 36.8. The van der Waals surface area contributed by atoms with Crippen molar-refractivity contribution >= 4 is 23.1 Å². The summed E-state index contributed by atoms with van der Waals surface area (Å²) in [6, 6.07) is 14.4. The summed E-state index contributed by atoms with van der Waals surface area (Å²) in [6.07, 6.45) is 5.36. The molecule has 7 nitrogen and oxygen atoms in total. The van der Waals surface area contributed by atoms with Crippen LogP contribution < -0.4 is 5.32 Å². The first-order valence-corrected chi connectivity index (χ1v) is 9.97. The molecule has 0 radical (unpaired) electrons. The molecule has 1 aliphatic rings. The van der Waals surface area contributed by atoms with Gasteiger partial charge in [0.1, 0.15) is 5.69 Å². The molecule has 0 saturated carbocycles. The molecule has 0 aromatic heterocycles. The third-order valence-electron chi connectivity index (χ3n) is 5.19. The largest absolute Gasteiger partial charge is 0.321 e. The van der Waals surface area contributed by atoms with Crippen molar-refractivity contribution in [3.63, 3.8) is 0 Å². The van der Waals surface area contributed by atoms with Crippen molar-refractivity contribution in [2.24, 2.45) is 5.92 Å². The Kier molecular flexibility index (Phi) is 7.08. The van der Waals surface area contributed by atoms with E-state index in [0.717, 1.165) is 32.5 Å². The third-order valence-corrected chi connectivity index (χ3v) is 5.19. The van der Waals surface area contributed by atoms with Crippen LogP contribution in [0.15, 0.2) is 60.7 Å². The number of allylic oxidation sites excluding steroid dienone is 2. The Bertz CT molecular complexity index is 948. The molecule has 2 aromatic carbocycles. The third kappa shape index (κ3) is 5.84. The van der Waals surface area contributed by atoms with Crippen molar-refractivity contribution in [2.75, 3.05) is 18.4 Å². The van der Waals surface area contributed by atoms with Gasteiger partial charge in [0.05, 0.1) is 4.92 Å². The first-order chi connectivity index (χ1) is 14.4. The molecule has 1 amide bonds. The van der Waals surface area contributed by atoms with Gasteiger partial charge in [0.2, 0.25) is 5.91 Å². The maximum atomic E-state index is 12.5. The Balaban J connectivity index is 1.57. The summed E-state index contributed by atoms with van der Waals surface area (Å²) in [7, 11) is 0. The number of carbonyl (C=O) groups is 2. The van der Waals surface area contributed by atoms with E-state index < -0.39 is 10.8 Å². The molecule has 1 N–H and O–H groups in total. The molecular formula is C23H25N3O4. The van der Waals surface area contributed by atoms with E-state index >= 15 is 0 Å². The topological polar surface area (TPSA) is 92.6 Å². The number of rotatable bonds is 7. The van der Waals surface area contributed by atoms with Gasteiger partial charge in [-0.3, -0.25) is 24.6 Å². The molecule has 1 aliphatic heterocycles. The lowest BCUT2D eigenvalue weighted by atomic mass is 9.95. The van der Waals surface area contributed by atoms with Crippen LogP contribution in [0.1, 0.15) is 35.7 Å². The predicted molar refractivity (Wildman–Crippen MR) is 115 cm³/mol. The average molecular weight is 407 g/mol. The fourth-order valence-electron chi connectivity index (χ4n) is 3.60. The quantitative estimate of drug-likeness (QED) is 0.321. The van der Waals surface area contributed by atoms with Crippen LogP contribution in [0.5, 0.6) is 0 Å². The lowest BCUT2D eigenvalue weighted by Gasteiger charge is -2.30. The molecule has 3 rings (SSSR count). The standard InChI is InChI=1S/C23H25N3O4/c1-17(27)24-21-9-8-20(15-22(21)26(29)30)23(28)10-7-18-11-13-25(14-12-18)16-19-5-3-2-4-6-19/h2-10,15,18H,11-14,16H2,1H3,(H,24,27). The minimum atomic E-state index is -0.603. The van der Waals surface area contributed by atoms with Gasteiger partial charge in [-0.25, -0.2) is 0 Å². The monoisotopic (exact) mass is 407 g/mol. The molecule has 1 heterocycles. The zero-order chi connectivity index (χ0) is 21.5. The number of ketones is 1. The van der Waals surface area contributed by atoms with Crippen molar-refractivity contribution in [3.05, 3.63) is 81.9 Å². The van der Waals surface area contributed by atoms with E-state index in [1.165, 1.54) is 36.8 Å². The van der Waals surface area contributed by atoms with Gasteiger partial charge >= 0.3 is 0 Å². The van der Waals surface area contributed by atoms with Gasteiger partial charge in [-0.15, -0.1) is 0 Å². The molecule has 1 fully saturated rings. The summed E-state index contributed by atoms with van der Waals surface area (Å²) in [6.45, 7) is 4.14. The number of anilines is 1. The number of hydrogen-bond acceptors (Lipinski definition) is 5. The van der Waals surface area contributed by atoms with Gasteiger partial charge in [-0.05, 0) is 55.6 Å². The highest BCUT2D eigenvalue weighted by Crippen LogP contribution is 2.26. The smallest absolute Gasteiger partial charge is 0.293 e. The van der Waals surface area contributed by atoms with E-state index in [0.29, 0.717) is 5.92 Å². The number of benzene rings is 2. The van der Waals surface area contributed by atoms with Gasteiger partial charge in [0, 0.05) is 25.1 Å². The van der Waals surface area contributed by atoms with Gasteiger partial charge < -0.3 is 5.32 Å². The van der Waals surface area contributed by atoms with E-state index in [1.807, 2.05) is 24.3 Å². The number of nitro benzene ring substituents is 1. The summed E-state index contributed by atoms with van der Waals surface area (Å²) < 4.78 is 0. The Morgan fingerprint density at radius 3 is 2.50 bits per heavy atom. The first-order valence-electron chi connectivity index (χ1n) is 9.97. The fraction of sp³-hybridized carbons (Fsp3) is 0.304. The van der Waals surface area contributed by atoms with Gasteiger partial charge in [-0.2, -0.15) is 0 Å². The van der Waals surface area contributed by atoms with Crippen molar-refractivity contribution in [1.29, 1.82) is 0 Å². The van der Waals surface area contributed by atoms with E-state index in [2.05, 4.69) is 22.3 Å². The van der Waals surface area contributed by atoms with Crippen LogP contribution in [-0.4, -0.2) is 34.6 Å². The molecule has 0 aliphatic carbocycles. The predicted octanol–water partition coefficient (Wildman–Crippen LogP) is 4.20. The molecule has 7 heteroatoms. The average Bonchev–Trinajstić information content (AvgIpc) is 2.73. The van der Waals surface area contributed by atoms with E-state index in [4.69, 9.17) is 0 Å². The fourth-order valence-corrected chi connectivity index (χ4v) is 3.60. The normalized spacial score (nSPS) is 15.2. The summed E-state index contributed by atoms with van der Waals surface area (Å²) >= 11 is 0. The molecular weight excluding hydrogens is 382 g/mol. The molecule has 0 atom stereocenters. The zero-order valence-corrected chi connectivity index (χ0v) is 16.9. The van der Waals surface area contributed by atoms with Crippen molar-refractivity contribution in [3.8, 4) is 0 Å². The second kappa shape index (κ2) is 9.93. The molecule has 1 saturated heterocycles. The zero-order valence-electron chi connectivity index (χ0n) is 16.9. The number of nitro groups is 1. The highest BCUT2D eigenvalue weighted by Gasteiger charge is 2.19. The maximum Gasteiger partial charge on any atom is 0.293 e. The Labute approximate surface area is 175 Å². The molecule has 156 valence electrons. The minimum Gasteiger partial charge on any atom is -0.321 e. The number of amides is 1. The Hall–Kier alpha value is -3.32. The van der Waals surface area contributed by atoms with Crippen molar-refractivity contribution < 1.29 is 14.5 Å². The second-order valence-electron chi connectivity index (χ2n) is 7.49. The molecule has 0 bridgehead atoms. The van der Waals surface area contributed by atoms with E-state index in [1.54, 1.807) is 0 Å². The van der Waals surface area contributed by atoms with Crippen molar-refractivity contribution in [2.45, 2.75) is 26.3 Å².